The molecule has 11 heteroatoms. The third kappa shape index (κ3) is 19.4. The topological polar surface area (TPSA) is 77.8 Å². The van der Waals surface area contributed by atoms with Gasteiger partial charge in [0.2, 0.25) is 0 Å². The average Bonchev–Trinajstić information content (AvgIpc) is 2.28. The molecule has 2 aromatic rings. The Balaban J connectivity index is -0.0000000656. The molecular formula is C10H12HgI6N4. The first-order valence-electron chi connectivity index (χ1n) is 4.32. The zero-order valence-electron chi connectivity index (χ0n) is 10.5. The Morgan fingerprint density at radius 3 is 1.14 bits per heavy atom. The van der Waals surface area contributed by atoms with Gasteiger partial charge in [0.05, 0.1) is 0 Å². The molecule has 0 bridgehead atoms. The molecule has 0 saturated carbocycles. The number of anilines is 2. The van der Waals surface area contributed by atoms with Crippen molar-refractivity contribution >= 4 is 105 Å². The van der Waals surface area contributed by atoms with Crippen LogP contribution < -0.4 is 59.4 Å². The minimum Gasteiger partial charge on any atom is -1.00 e. The maximum atomic E-state index is 5.31. The molecule has 2 aromatic heterocycles. The van der Waals surface area contributed by atoms with Crippen molar-refractivity contribution in [3.63, 3.8) is 0 Å². The second kappa shape index (κ2) is 21.3. The number of hydrogen-bond acceptors (Lipinski definition) is 4. The van der Waals surface area contributed by atoms with Crippen LogP contribution in [0.25, 0.3) is 0 Å². The molecule has 0 aromatic carbocycles. The summed E-state index contributed by atoms with van der Waals surface area (Å²) in [6.07, 6.45) is 3.46. The van der Waals surface area contributed by atoms with Crippen LogP contribution in [0.4, 0.5) is 11.6 Å². The number of rotatable bonds is 0. The summed E-state index contributed by atoms with van der Waals surface area (Å²) >= 11 is 4.36. The Morgan fingerprint density at radius 1 is 0.714 bits per heavy atom. The van der Waals surface area contributed by atoms with E-state index in [1.807, 2.05) is 12.1 Å². The molecule has 0 fully saturated rings. The van der Waals surface area contributed by atoms with Gasteiger partial charge >= 0.3 is 27.7 Å². The Labute approximate surface area is 240 Å². The van der Waals surface area contributed by atoms with Crippen LogP contribution in [0.5, 0.6) is 0 Å². The van der Waals surface area contributed by atoms with E-state index in [1.165, 1.54) is 0 Å². The fourth-order valence-corrected chi connectivity index (χ4v) is 1.41. The van der Waals surface area contributed by atoms with Crippen LogP contribution in [-0.2, 0) is 27.7 Å². The molecular weight excluding hydrogens is 1140 g/mol. The fraction of sp³-hybridized carbons (Fsp3) is 0. The normalized spacial score (nSPS) is 6.95. The van der Waals surface area contributed by atoms with E-state index in [-0.39, 0.29) is 124 Å². The zero-order chi connectivity index (χ0) is 12.0. The standard InChI is InChI=1S/2C5H5IN2.Hg.4HI/c2*6-4-1-2-5(7)8-3-4;;;;;/h2*1-3H,(H2,7,8);;4*1H/q;;+2;;;;/p-2. The predicted molar refractivity (Wildman–Crippen MR) is 114 cm³/mol. The minimum atomic E-state index is 0. The summed E-state index contributed by atoms with van der Waals surface area (Å²) in [6, 6.07) is 7.40. The van der Waals surface area contributed by atoms with Crippen LogP contribution in [-0.4, -0.2) is 9.97 Å². The van der Waals surface area contributed by atoms with Crippen molar-refractivity contribution in [3.8, 4) is 0 Å². The summed E-state index contributed by atoms with van der Waals surface area (Å²) in [5, 5.41) is 0. The van der Waals surface area contributed by atoms with Crippen molar-refractivity contribution in [2.75, 3.05) is 11.5 Å². The van der Waals surface area contributed by atoms with Gasteiger partial charge in [0, 0.05) is 19.5 Å². The molecule has 0 unspecified atom stereocenters. The molecule has 0 aliphatic carbocycles. The van der Waals surface area contributed by atoms with E-state index in [0.717, 1.165) is 7.14 Å². The molecule has 4 nitrogen and oxygen atoms in total. The maximum Gasteiger partial charge on any atom is 2.00 e. The second-order valence-corrected chi connectivity index (χ2v) is 5.29. The van der Waals surface area contributed by atoms with Gasteiger partial charge in [0.25, 0.3) is 0 Å². The number of nitrogens with zero attached hydrogens (tertiary/aromatic N) is 2. The monoisotopic (exact) mass is 1150 g/mol. The van der Waals surface area contributed by atoms with Crippen LogP contribution in [0.15, 0.2) is 36.7 Å². The van der Waals surface area contributed by atoms with E-state index in [0.29, 0.717) is 11.6 Å². The number of halogens is 6. The third-order valence-corrected chi connectivity index (χ3v) is 2.78. The number of hydrogen-bond donors (Lipinski definition) is 2. The number of pyridine rings is 2. The van der Waals surface area contributed by atoms with Crippen LogP contribution in [0.3, 0.4) is 0 Å². The third-order valence-electron chi connectivity index (χ3n) is 1.50. The van der Waals surface area contributed by atoms with Crippen molar-refractivity contribution in [2.24, 2.45) is 0 Å². The summed E-state index contributed by atoms with van der Waals surface area (Å²) < 4.78 is 2.22. The molecule has 0 aliphatic heterocycles. The van der Waals surface area contributed by atoms with Crippen molar-refractivity contribution in [1.82, 2.24) is 9.97 Å². The Hall–Kier alpha value is 3.22. The van der Waals surface area contributed by atoms with Crippen molar-refractivity contribution in [2.45, 2.75) is 0 Å². The number of nitrogens with two attached hydrogens (primary N) is 2. The first kappa shape index (κ1) is 35.3. The zero-order valence-corrected chi connectivity index (χ0v) is 29.3. The molecule has 0 radical (unpaired) electrons. The fourth-order valence-electron chi connectivity index (χ4n) is 0.775. The quantitative estimate of drug-likeness (QED) is 0.232. The van der Waals surface area contributed by atoms with E-state index in [2.05, 4.69) is 55.1 Å². The summed E-state index contributed by atoms with van der Waals surface area (Å²) in [4.78, 5) is 7.70. The largest absolute Gasteiger partial charge is 2.00 e. The van der Waals surface area contributed by atoms with Crippen LogP contribution in [0.2, 0.25) is 0 Å². The first-order valence-corrected chi connectivity index (χ1v) is 6.48. The van der Waals surface area contributed by atoms with E-state index >= 15 is 0 Å². The van der Waals surface area contributed by atoms with Gasteiger partial charge in [-0.15, -0.1) is 48.0 Å². The van der Waals surface area contributed by atoms with Gasteiger partial charge in [-0.3, -0.25) is 0 Å². The molecule has 4 N–H and O–H groups in total. The molecule has 0 atom stereocenters. The smallest absolute Gasteiger partial charge is 1.00 e. The van der Waals surface area contributed by atoms with Gasteiger partial charge in [-0.05, 0) is 69.4 Å². The van der Waals surface area contributed by atoms with Crippen LogP contribution in [0, 0.1) is 7.14 Å². The van der Waals surface area contributed by atoms with Gasteiger partial charge in [-0.2, -0.15) is 0 Å². The maximum absolute atomic E-state index is 5.31. The Morgan fingerprint density at radius 2 is 1.00 bits per heavy atom. The van der Waals surface area contributed by atoms with E-state index in [1.54, 1.807) is 24.5 Å². The van der Waals surface area contributed by atoms with Gasteiger partial charge < -0.3 is 59.4 Å². The first-order chi connectivity index (χ1) is 7.58. The van der Waals surface area contributed by atoms with Gasteiger partial charge in [0.1, 0.15) is 11.6 Å². The summed E-state index contributed by atoms with van der Waals surface area (Å²) in [7, 11) is 0. The molecule has 2 heterocycles. The van der Waals surface area contributed by atoms with E-state index < -0.39 is 0 Å². The van der Waals surface area contributed by atoms with Crippen molar-refractivity contribution in [1.29, 1.82) is 0 Å². The second-order valence-electron chi connectivity index (χ2n) is 2.80. The Bertz CT molecular complexity index is 357. The van der Waals surface area contributed by atoms with E-state index in [9.17, 15) is 0 Å². The van der Waals surface area contributed by atoms with Gasteiger partial charge in [-0.25, -0.2) is 9.97 Å². The van der Waals surface area contributed by atoms with Crippen molar-refractivity contribution < 1.29 is 75.6 Å². The Kier molecular flexibility index (Phi) is 35.8. The molecule has 0 saturated heterocycles. The molecule has 21 heavy (non-hydrogen) atoms. The van der Waals surface area contributed by atoms with Gasteiger partial charge in [-0.1, -0.05) is 0 Å². The average molecular weight is 1150 g/mol. The summed E-state index contributed by atoms with van der Waals surface area (Å²) in [5.41, 5.74) is 10.6. The minimum absolute atomic E-state index is 0. The molecule has 0 spiro atoms. The molecule has 2 rings (SSSR count). The molecule has 0 aliphatic rings. The molecule has 0 amide bonds. The summed E-state index contributed by atoms with van der Waals surface area (Å²) in [6.45, 7) is 0. The van der Waals surface area contributed by atoms with Crippen molar-refractivity contribution in [3.05, 3.63) is 43.8 Å². The number of aromatic nitrogens is 2. The van der Waals surface area contributed by atoms with Gasteiger partial charge in [0.15, 0.2) is 0 Å². The predicted octanol–water partition coefficient (Wildman–Crippen LogP) is -2.22. The number of nitrogen functional groups attached to an aromatic ring is 2. The molecule has 116 valence electrons. The SMILES string of the molecule is I.I.Nc1ccc(I)cn1.Nc1ccc(I)cn1.[Hg+2].[I-].[I-]. The van der Waals surface area contributed by atoms with Crippen LogP contribution in [0.1, 0.15) is 0 Å². The van der Waals surface area contributed by atoms with E-state index in [4.69, 9.17) is 11.5 Å². The van der Waals surface area contributed by atoms with Crippen LogP contribution >= 0.6 is 93.1 Å². The summed E-state index contributed by atoms with van der Waals surface area (Å²) in [5.74, 6) is 1.15.